The van der Waals surface area contributed by atoms with E-state index in [1.54, 1.807) is 6.07 Å². The van der Waals surface area contributed by atoms with Crippen molar-refractivity contribution in [2.24, 2.45) is 0 Å². The molecule has 0 aliphatic rings. The first-order valence-electron chi connectivity index (χ1n) is 4.91. The number of rotatable bonds is 5. The monoisotopic (exact) mass is 266 g/mol. The quantitative estimate of drug-likeness (QED) is 0.777. The van der Waals surface area contributed by atoms with Crippen molar-refractivity contribution >= 4 is 16.2 Å². The first-order chi connectivity index (χ1) is 8.42. The molecule has 94 valence electrons. The topological polar surface area (TPSA) is 120 Å². The van der Waals surface area contributed by atoms with Crippen LogP contribution in [-0.2, 0) is 16.7 Å². The minimum absolute atomic E-state index is 0.0285. The van der Waals surface area contributed by atoms with Crippen molar-refractivity contribution in [1.29, 1.82) is 10.5 Å². The second-order valence-corrected chi connectivity index (χ2v) is 4.96. The standard InChI is InChI=1S/C10H10N4O3S/c1-2-10-13-8(6-11)9(7-12)14(10)4-3-5-18(15,16)17/h2H,1,3-5H2,(H,15,16,17). The highest BCUT2D eigenvalue weighted by molar-refractivity contribution is 7.85. The summed E-state index contributed by atoms with van der Waals surface area (Å²) in [6.45, 7) is 3.65. The lowest BCUT2D eigenvalue weighted by Crippen LogP contribution is -2.10. The summed E-state index contributed by atoms with van der Waals surface area (Å²) in [5, 5.41) is 17.7. The van der Waals surface area contributed by atoms with Crippen molar-refractivity contribution < 1.29 is 13.0 Å². The second-order valence-electron chi connectivity index (χ2n) is 3.39. The summed E-state index contributed by atoms with van der Waals surface area (Å²) in [5.41, 5.74) is 0.0296. The van der Waals surface area contributed by atoms with Crippen LogP contribution in [0.4, 0.5) is 0 Å². The Labute approximate surface area is 104 Å². The van der Waals surface area contributed by atoms with Gasteiger partial charge >= 0.3 is 0 Å². The highest BCUT2D eigenvalue weighted by atomic mass is 32.2. The number of nitriles is 2. The van der Waals surface area contributed by atoms with Crippen molar-refractivity contribution in [1.82, 2.24) is 9.55 Å². The fraction of sp³-hybridized carbons (Fsp3) is 0.300. The van der Waals surface area contributed by atoms with Crippen LogP contribution < -0.4 is 0 Å². The molecule has 0 saturated carbocycles. The fourth-order valence-electron chi connectivity index (χ4n) is 1.45. The molecule has 0 aliphatic carbocycles. The number of aromatic nitrogens is 2. The molecule has 0 fully saturated rings. The second kappa shape index (κ2) is 5.45. The molecule has 1 heterocycles. The molecule has 0 spiro atoms. The van der Waals surface area contributed by atoms with Crippen LogP contribution in [0.2, 0.25) is 0 Å². The van der Waals surface area contributed by atoms with Crippen LogP contribution in [0.1, 0.15) is 23.6 Å². The zero-order valence-corrected chi connectivity index (χ0v) is 10.2. The molecular formula is C10H10N4O3S. The van der Waals surface area contributed by atoms with E-state index in [4.69, 9.17) is 15.1 Å². The molecule has 0 saturated heterocycles. The van der Waals surface area contributed by atoms with E-state index >= 15 is 0 Å². The van der Waals surface area contributed by atoms with Crippen LogP contribution in [0.5, 0.6) is 0 Å². The van der Waals surface area contributed by atoms with E-state index in [-0.39, 0.29) is 24.4 Å². The third-order valence-electron chi connectivity index (χ3n) is 2.18. The highest BCUT2D eigenvalue weighted by Gasteiger charge is 2.15. The number of nitrogens with zero attached hydrogens (tertiary/aromatic N) is 4. The van der Waals surface area contributed by atoms with Crippen LogP contribution in [0, 0.1) is 22.7 Å². The van der Waals surface area contributed by atoms with Gasteiger partial charge in [0.2, 0.25) is 0 Å². The van der Waals surface area contributed by atoms with Crippen molar-refractivity contribution in [3.63, 3.8) is 0 Å². The Morgan fingerprint density at radius 1 is 1.44 bits per heavy atom. The lowest BCUT2D eigenvalue weighted by molar-refractivity contribution is 0.478. The predicted molar refractivity (Wildman–Crippen MR) is 62.8 cm³/mol. The molecule has 1 N–H and O–H groups in total. The summed E-state index contributed by atoms with van der Waals surface area (Å²) in [7, 11) is -4.04. The molecule has 7 nitrogen and oxygen atoms in total. The largest absolute Gasteiger partial charge is 0.315 e. The van der Waals surface area contributed by atoms with Gasteiger partial charge in [0.15, 0.2) is 11.4 Å². The lowest BCUT2D eigenvalue weighted by Gasteiger charge is -2.05. The Morgan fingerprint density at radius 2 is 2.11 bits per heavy atom. The van der Waals surface area contributed by atoms with Gasteiger partial charge in [0, 0.05) is 6.54 Å². The molecule has 0 bridgehead atoms. The third kappa shape index (κ3) is 3.17. The molecule has 0 radical (unpaired) electrons. The first-order valence-corrected chi connectivity index (χ1v) is 6.52. The molecule has 1 aromatic heterocycles. The maximum Gasteiger partial charge on any atom is 0.264 e. The maximum absolute atomic E-state index is 10.6. The molecule has 0 aromatic carbocycles. The van der Waals surface area contributed by atoms with Crippen LogP contribution in [0.3, 0.4) is 0 Å². The normalized spacial score (nSPS) is 10.6. The van der Waals surface area contributed by atoms with Gasteiger partial charge in [0.1, 0.15) is 18.0 Å². The van der Waals surface area contributed by atoms with Crippen LogP contribution in [-0.4, -0.2) is 28.3 Å². The smallest absolute Gasteiger partial charge is 0.264 e. The molecule has 1 aromatic rings. The van der Waals surface area contributed by atoms with Gasteiger partial charge in [-0.15, -0.1) is 0 Å². The summed E-state index contributed by atoms with van der Waals surface area (Å²) >= 11 is 0. The van der Waals surface area contributed by atoms with E-state index in [1.807, 2.05) is 6.07 Å². The third-order valence-corrected chi connectivity index (χ3v) is 2.98. The summed E-state index contributed by atoms with van der Waals surface area (Å²) in [5.74, 6) is -0.104. The summed E-state index contributed by atoms with van der Waals surface area (Å²) in [6, 6.07) is 3.61. The van der Waals surface area contributed by atoms with Crippen molar-refractivity contribution in [3.8, 4) is 12.1 Å². The molecule has 8 heteroatoms. The molecule has 1 rings (SSSR count). The lowest BCUT2D eigenvalue weighted by atomic mass is 10.3. The minimum Gasteiger partial charge on any atom is -0.315 e. The highest BCUT2D eigenvalue weighted by Crippen LogP contribution is 2.12. The Hall–Kier alpha value is -2.16. The maximum atomic E-state index is 10.6. The van der Waals surface area contributed by atoms with Gasteiger partial charge in [0.25, 0.3) is 10.1 Å². The summed E-state index contributed by atoms with van der Waals surface area (Å²) in [6.07, 6.45) is 1.48. The van der Waals surface area contributed by atoms with E-state index in [9.17, 15) is 8.42 Å². The van der Waals surface area contributed by atoms with Crippen molar-refractivity contribution in [2.75, 3.05) is 5.75 Å². The first kappa shape index (κ1) is 13.9. The van der Waals surface area contributed by atoms with E-state index in [0.29, 0.717) is 5.82 Å². The molecule has 0 atom stereocenters. The van der Waals surface area contributed by atoms with E-state index < -0.39 is 15.9 Å². The molecule has 0 amide bonds. The SMILES string of the molecule is C=Cc1nc(C#N)c(C#N)n1CCCS(=O)(=O)O. The van der Waals surface area contributed by atoms with E-state index in [1.165, 1.54) is 10.6 Å². The Morgan fingerprint density at radius 3 is 2.56 bits per heavy atom. The fourth-order valence-corrected chi connectivity index (χ4v) is 1.94. The van der Waals surface area contributed by atoms with Crippen molar-refractivity contribution in [3.05, 3.63) is 23.8 Å². The average molecular weight is 266 g/mol. The number of imidazole rings is 1. The van der Waals surface area contributed by atoms with Crippen LogP contribution in [0.15, 0.2) is 6.58 Å². The van der Waals surface area contributed by atoms with Gasteiger partial charge in [0.05, 0.1) is 5.75 Å². The Bertz CT molecular complexity index is 646. The number of hydrogen-bond acceptors (Lipinski definition) is 5. The molecular weight excluding hydrogens is 256 g/mol. The van der Waals surface area contributed by atoms with Gasteiger partial charge < -0.3 is 4.57 Å². The minimum atomic E-state index is -4.04. The number of hydrogen-bond donors (Lipinski definition) is 1. The predicted octanol–water partition coefficient (Wildman–Crippen LogP) is 0.547. The van der Waals surface area contributed by atoms with Gasteiger partial charge in [-0.1, -0.05) is 6.58 Å². The Kier molecular flexibility index (Phi) is 4.21. The summed E-state index contributed by atoms with van der Waals surface area (Å²) in [4.78, 5) is 3.88. The zero-order valence-electron chi connectivity index (χ0n) is 9.37. The van der Waals surface area contributed by atoms with Crippen LogP contribution >= 0.6 is 0 Å². The zero-order chi connectivity index (χ0) is 13.8. The van der Waals surface area contributed by atoms with Gasteiger partial charge in [-0.3, -0.25) is 4.55 Å². The average Bonchev–Trinajstić information content (AvgIpc) is 2.64. The molecule has 18 heavy (non-hydrogen) atoms. The van der Waals surface area contributed by atoms with Gasteiger partial charge in [-0.2, -0.15) is 18.9 Å². The van der Waals surface area contributed by atoms with Gasteiger partial charge in [-0.25, -0.2) is 4.98 Å². The van der Waals surface area contributed by atoms with Crippen LogP contribution in [0.25, 0.3) is 6.08 Å². The van der Waals surface area contributed by atoms with E-state index in [0.717, 1.165) is 0 Å². The molecule has 0 aliphatic heterocycles. The summed E-state index contributed by atoms with van der Waals surface area (Å²) < 4.78 is 31.2. The molecule has 0 unspecified atom stereocenters. The van der Waals surface area contributed by atoms with E-state index in [2.05, 4.69) is 11.6 Å². The van der Waals surface area contributed by atoms with Gasteiger partial charge in [-0.05, 0) is 12.5 Å². The van der Waals surface area contributed by atoms with Crippen molar-refractivity contribution in [2.45, 2.75) is 13.0 Å². The Balaban J connectivity index is 3.01.